The lowest BCUT2D eigenvalue weighted by Gasteiger charge is -2.33. The van der Waals surface area contributed by atoms with Gasteiger partial charge in [0.1, 0.15) is 11.5 Å². The van der Waals surface area contributed by atoms with E-state index in [1.165, 1.54) is 12.1 Å². The third-order valence-electron chi connectivity index (χ3n) is 7.99. The van der Waals surface area contributed by atoms with Gasteiger partial charge in [-0.25, -0.2) is 4.98 Å². The van der Waals surface area contributed by atoms with Gasteiger partial charge >= 0.3 is 6.18 Å². The molecule has 8 heteroatoms. The van der Waals surface area contributed by atoms with E-state index < -0.39 is 11.7 Å². The average Bonchev–Trinajstić information content (AvgIpc) is 3.06. The molecule has 0 fully saturated rings. The summed E-state index contributed by atoms with van der Waals surface area (Å²) in [6.07, 6.45) is -4.45. The molecular formula is C37H27F3N2O3. The van der Waals surface area contributed by atoms with Crippen LogP contribution in [-0.4, -0.2) is 19.2 Å². The van der Waals surface area contributed by atoms with E-state index >= 15 is 0 Å². The minimum absolute atomic E-state index is 0.523. The highest BCUT2D eigenvalue weighted by atomic mass is 19.4. The molecule has 1 aromatic heterocycles. The predicted molar refractivity (Wildman–Crippen MR) is 170 cm³/mol. The number of aromatic nitrogens is 1. The maximum absolute atomic E-state index is 13.4. The number of hydrogen-bond acceptors (Lipinski definition) is 5. The highest BCUT2D eigenvalue weighted by molar-refractivity contribution is 6.07. The molecule has 0 bridgehead atoms. The minimum Gasteiger partial charge on any atom is -0.497 e. The smallest absolute Gasteiger partial charge is 0.416 e. The van der Waals surface area contributed by atoms with Crippen molar-refractivity contribution in [2.75, 3.05) is 19.1 Å². The second-order valence-corrected chi connectivity index (χ2v) is 10.7. The van der Waals surface area contributed by atoms with Crippen LogP contribution < -0.4 is 19.1 Å². The lowest BCUT2D eigenvalue weighted by Crippen LogP contribution is -2.16. The fraction of sp³-hybridized carbons (Fsp3) is 0.108. The van der Waals surface area contributed by atoms with Gasteiger partial charge in [-0.05, 0) is 84.3 Å². The molecule has 5 nitrogen and oxygen atoms in total. The first kappa shape index (κ1) is 28.3. The molecule has 5 aromatic carbocycles. The summed E-state index contributed by atoms with van der Waals surface area (Å²) in [5.74, 6) is 2.61. The summed E-state index contributed by atoms with van der Waals surface area (Å²) in [5.41, 5.74) is 6.14. The minimum atomic E-state index is -4.45. The Balaban J connectivity index is 1.55. The van der Waals surface area contributed by atoms with Crippen molar-refractivity contribution >= 4 is 28.0 Å². The van der Waals surface area contributed by atoms with E-state index in [2.05, 4.69) is 11.0 Å². The quantitative estimate of drug-likeness (QED) is 0.196. The molecule has 6 aromatic rings. The van der Waals surface area contributed by atoms with Crippen molar-refractivity contribution in [3.8, 4) is 45.4 Å². The van der Waals surface area contributed by atoms with E-state index in [0.717, 1.165) is 51.3 Å². The number of rotatable bonds is 5. The van der Waals surface area contributed by atoms with Gasteiger partial charge < -0.3 is 19.1 Å². The number of hydrogen-bond donors (Lipinski definition) is 0. The van der Waals surface area contributed by atoms with Crippen LogP contribution in [0.5, 0.6) is 23.0 Å². The Morgan fingerprint density at radius 2 is 1.27 bits per heavy atom. The van der Waals surface area contributed by atoms with Gasteiger partial charge in [-0.3, -0.25) is 0 Å². The van der Waals surface area contributed by atoms with Gasteiger partial charge in [0.25, 0.3) is 0 Å². The number of benzene rings is 5. The van der Waals surface area contributed by atoms with E-state index in [-0.39, 0.29) is 0 Å². The molecule has 0 atom stereocenters. The number of halogens is 3. The molecule has 0 amide bonds. The molecular weight excluding hydrogens is 577 g/mol. The first-order valence-corrected chi connectivity index (χ1v) is 14.3. The number of nitrogens with zero attached hydrogens (tertiary/aromatic N) is 2. The molecule has 0 N–H and O–H groups in total. The van der Waals surface area contributed by atoms with E-state index in [1.54, 1.807) is 20.3 Å². The largest absolute Gasteiger partial charge is 0.497 e. The van der Waals surface area contributed by atoms with Crippen LogP contribution in [0.2, 0.25) is 0 Å². The Morgan fingerprint density at radius 1 is 0.667 bits per heavy atom. The van der Waals surface area contributed by atoms with Crippen LogP contribution in [-0.2, 0) is 6.18 Å². The number of ether oxygens (including phenoxy) is 3. The van der Waals surface area contributed by atoms with Crippen molar-refractivity contribution in [2.24, 2.45) is 0 Å². The van der Waals surface area contributed by atoms with Gasteiger partial charge in [0.05, 0.1) is 48.1 Å². The number of pyridine rings is 1. The second-order valence-electron chi connectivity index (χ2n) is 10.7. The normalized spacial score (nSPS) is 12.4. The number of alkyl halides is 3. The monoisotopic (exact) mass is 604 g/mol. The summed E-state index contributed by atoms with van der Waals surface area (Å²) in [7, 11) is 3.18. The van der Waals surface area contributed by atoms with E-state index in [0.29, 0.717) is 39.8 Å². The van der Waals surface area contributed by atoms with Crippen molar-refractivity contribution in [1.82, 2.24) is 4.98 Å². The van der Waals surface area contributed by atoms with Crippen LogP contribution in [0.25, 0.3) is 33.3 Å². The fourth-order valence-corrected chi connectivity index (χ4v) is 5.81. The van der Waals surface area contributed by atoms with Gasteiger partial charge in [-0.1, -0.05) is 42.5 Å². The van der Waals surface area contributed by atoms with Crippen molar-refractivity contribution in [3.63, 3.8) is 0 Å². The molecule has 45 heavy (non-hydrogen) atoms. The second kappa shape index (κ2) is 10.9. The molecule has 0 saturated carbocycles. The Kier molecular flexibility index (Phi) is 6.85. The highest BCUT2D eigenvalue weighted by Gasteiger charge is 2.31. The first-order valence-electron chi connectivity index (χ1n) is 14.3. The molecule has 7 rings (SSSR count). The zero-order chi connectivity index (χ0) is 31.3. The van der Waals surface area contributed by atoms with Gasteiger partial charge in [-0.15, -0.1) is 0 Å². The molecule has 0 unspecified atom stereocenters. The Hall–Kier alpha value is -5.50. The Morgan fingerprint density at radius 3 is 1.84 bits per heavy atom. The number of fused-ring (bicyclic) bond motifs is 3. The SMILES string of the molecule is COc1cc(OC)cc(-c2cc(-c3ccc(C(F)(F)F)cc3)nc3c(N4c5ccccc5Oc5ccccc54)ccc(C)c23)c1. The number of aryl methyl sites for hydroxylation is 1. The standard InChI is InChI=1S/C37H27F3N2O3/c1-22-12-17-32(42-30-8-4-6-10-33(30)45-34-11-7-5-9-31(34)42)36-35(22)28(24-18-26(43-2)20-27(19-24)44-3)21-29(41-36)23-13-15-25(16-14-23)37(38,39)40/h4-21H,1-3H3. The number of methoxy groups -OCH3 is 2. The van der Waals surface area contributed by atoms with Crippen LogP contribution in [0, 0.1) is 6.92 Å². The molecule has 2 heterocycles. The summed E-state index contributed by atoms with van der Waals surface area (Å²) in [6, 6.07) is 32.3. The Bertz CT molecular complexity index is 2010. The average molecular weight is 605 g/mol. The van der Waals surface area contributed by atoms with Crippen LogP contribution >= 0.6 is 0 Å². The summed E-state index contributed by atoms with van der Waals surface area (Å²) < 4.78 is 57.8. The third-order valence-corrected chi connectivity index (χ3v) is 7.99. The summed E-state index contributed by atoms with van der Waals surface area (Å²) in [5, 5.41) is 0.889. The molecule has 1 aliphatic heterocycles. The van der Waals surface area contributed by atoms with E-state index in [9.17, 15) is 13.2 Å². The van der Waals surface area contributed by atoms with Crippen LogP contribution in [0.1, 0.15) is 11.1 Å². The topological polar surface area (TPSA) is 43.8 Å². The summed E-state index contributed by atoms with van der Waals surface area (Å²) in [6.45, 7) is 2.02. The fourth-order valence-electron chi connectivity index (χ4n) is 5.81. The lowest BCUT2D eigenvalue weighted by atomic mass is 9.94. The third kappa shape index (κ3) is 4.98. The van der Waals surface area contributed by atoms with Gasteiger partial charge in [0, 0.05) is 17.0 Å². The molecule has 0 radical (unpaired) electrons. The highest BCUT2D eigenvalue weighted by Crippen LogP contribution is 2.52. The van der Waals surface area contributed by atoms with Crippen LogP contribution in [0.3, 0.4) is 0 Å². The summed E-state index contributed by atoms with van der Waals surface area (Å²) in [4.78, 5) is 7.28. The Labute approximate surface area is 258 Å². The van der Waals surface area contributed by atoms with Gasteiger partial charge in [0.15, 0.2) is 11.5 Å². The lowest BCUT2D eigenvalue weighted by molar-refractivity contribution is -0.137. The molecule has 1 aliphatic rings. The van der Waals surface area contributed by atoms with Crippen molar-refractivity contribution in [2.45, 2.75) is 13.1 Å². The van der Waals surface area contributed by atoms with Crippen LogP contribution in [0.4, 0.5) is 30.2 Å². The predicted octanol–water partition coefficient (Wildman–Crippen LogP) is 10.5. The van der Waals surface area contributed by atoms with Crippen molar-refractivity contribution in [1.29, 1.82) is 0 Å². The number of para-hydroxylation sites is 4. The van der Waals surface area contributed by atoms with Crippen LogP contribution in [0.15, 0.2) is 109 Å². The van der Waals surface area contributed by atoms with Gasteiger partial charge in [0.2, 0.25) is 0 Å². The zero-order valence-corrected chi connectivity index (χ0v) is 24.6. The summed E-state index contributed by atoms with van der Waals surface area (Å²) >= 11 is 0. The zero-order valence-electron chi connectivity index (χ0n) is 24.6. The van der Waals surface area contributed by atoms with Crippen molar-refractivity contribution < 1.29 is 27.4 Å². The molecule has 0 aliphatic carbocycles. The first-order chi connectivity index (χ1) is 21.7. The molecule has 0 saturated heterocycles. The van der Waals surface area contributed by atoms with Crippen molar-refractivity contribution in [3.05, 3.63) is 120 Å². The molecule has 224 valence electrons. The van der Waals surface area contributed by atoms with Gasteiger partial charge in [-0.2, -0.15) is 13.2 Å². The molecule has 0 spiro atoms. The maximum atomic E-state index is 13.4. The van der Waals surface area contributed by atoms with E-state index in [1.807, 2.05) is 79.7 Å². The maximum Gasteiger partial charge on any atom is 0.416 e. The van der Waals surface area contributed by atoms with E-state index in [4.69, 9.17) is 19.2 Å². The number of anilines is 3.